The van der Waals surface area contributed by atoms with E-state index in [1.165, 1.54) is 18.9 Å². The Morgan fingerprint density at radius 1 is 1.14 bits per heavy atom. The van der Waals surface area contributed by atoms with Gasteiger partial charge in [-0.15, -0.1) is 11.8 Å². The minimum absolute atomic E-state index is 0.213. The summed E-state index contributed by atoms with van der Waals surface area (Å²) in [5.74, 6) is 3.12. The maximum absolute atomic E-state index is 11.2. The molecule has 1 heterocycles. The van der Waals surface area contributed by atoms with Crippen LogP contribution < -0.4 is 4.74 Å². The van der Waals surface area contributed by atoms with Gasteiger partial charge in [-0.05, 0) is 36.8 Å². The summed E-state index contributed by atoms with van der Waals surface area (Å²) in [6, 6.07) is 17.8. The number of esters is 1. The van der Waals surface area contributed by atoms with Crippen molar-refractivity contribution in [2.45, 2.75) is 19.1 Å². The molecule has 0 fully saturated rings. The van der Waals surface area contributed by atoms with Crippen LogP contribution >= 0.6 is 11.8 Å². The molecule has 0 amide bonds. The Morgan fingerprint density at radius 3 is 2.75 bits per heavy atom. The van der Waals surface area contributed by atoms with Crippen LogP contribution in [-0.4, -0.2) is 30.4 Å². The van der Waals surface area contributed by atoms with Gasteiger partial charge in [0.2, 0.25) is 5.89 Å². The average molecular weight is 397 g/mol. The number of ether oxygens (including phenoxy) is 2. The maximum Gasteiger partial charge on any atom is 0.315 e. The summed E-state index contributed by atoms with van der Waals surface area (Å²) in [6.07, 6.45) is 0.670. The minimum atomic E-state index is -0.213. The molecule has 0 N–H and O–H groups in total. The highest BCUT2D eigenvalue weighted by Crippen LogP contribution is 2.22. The molecule has 0 radical (unpaired) electrons. The van der Waals surface area contributed by atoms with Crippen LogP contribution in [0.5, 0.6) is 5.75 Å². The van der Waals surface area contributed by atoms with Gasteiger partial charge in [0, 0.05) is 17.7 Å². The lowest BCUT2D eigenvalue weighted by Crippen LogP contribution is -2.04. The van der Waals surface area contributed by atoms with Crippen molar-refractivity contribution in [3.63, 3.8) is 0 Å². The van der Waals surface area contributed by atoms with Crippen LogP contribution in [0.25, 0.3) is 11.5 Å². The van der Waals surface area contributed by atoms with Gasteiger partial charge in [0.1, 0.15) is 11.5 Å². The summed E-state index contributed by atoms with van der Waals surface area (Å²) in [6.45, 7) is 2.44. The van der Waals surface area contributed by atoms with E-state index in [-0.39, 0.29) is 5.97 Å². The molecule has 0 unspecified atom stereocenters. The minimum Gasteiger partial charge on any atom is -0.493 e. The Kier molecular flexibility index (Phi) is 7.14. The smallest absolute Gasteiger partial charge is 0.315 e. The molecule has 0 aliphatic heterocycles. The molecule has 3 rings (SSSR count). The van der Waals surface area contributed by atoms with Gasteiger partial charge in [0.05, 0.1) is 25.2 Å². The summed E-state index contributed by atoms with van der Waals surface area (Å²) in [4.78, 5) is 15.8. The molecule has 5 nitrogen and oxygen atoms in total. The molecule has 0 aliphatic carbocycles. The first-order valence-corrected chi connectivity index (χ1v) is 10.2. The molecule has 0 aliphatic rings. The summed E-state index contributed by atoms with van der Waals surface area (Å²) >= 11 is 1.52. The number of oxazole rings is 1. The molecule has 0 spiro atoms. The van der Waals surface area contributed by atoms with E-state index in [1.54, 1.807) is 0 Å². The van der Waals surface area contributed by atoms with E-state index in [2.05, 4.69) is 9.72 Å². The fourth-order valence-corrected chi connectivity index (χ4v) is 3.47. The third-order valence-corrected chi connectivity index (χ3v) is 5.11. The number of aryl methyl sites for hydroxylation is 1. The molecule has 0 saturated carbocycles. The second-order valence-corrected chi connectivity index (χ2v) is 7.19. The first-order chi connectivity index (χ1) is 13.7. The van der Waals surface area contributed by atoms with Crippen molar-refractivity contribution in [1.82, 2.24) is 4.98 Å². The molecule has 0 saturated heterocycles. The molecule has 146 valence electrons. The number of thioether (sulfide) groups is 1. The fraction of sp³-hybridized carbons (Fsp3) is 0.273. The molecule has 2 aromatic carbocycles. The zero-order valence-electron chi connectivity index (χ0n) is 16.0. The predicted octanol–water partition coefficient (Wildman–Crippen LogP) is 4.68. The van der Waals surface area contributed by atoms with Gasteiger partial charge in [-0.2, -0.15) is 0 Å². The van der Waals surface area contributed by atoms with Crippen molar-refractivity contribution < 1.29 is 18.7 Å². The van der Waals surface area contributed by atoms with Crippen molar-refractivity contribution >= 4 is 17.7 Å². The Bertz CT molecular complexity index is 908. The highest BCUT2D eigenvalue weighted by atomic mass is 32.2. The Balaban J connectivity index is 1.52. The highest BCUT2D eigenvalue weighted by molar-refractivity contribution is 7.99. The standard InChI is InChI=1S/C22H23NO4S/c1-16-20(23-22(27-16)18-8-4-3-5-9-18)11-12-26-19-10-6-7-17(13-19)14-28-15-21(24)25-2/h3-10,13H,11-12,14-15H2,1-2H3. The Labute approximate surface area is 169 Å². The molecule has 1 aromatic heterocycles. The number of rotatable bonds is 9. The first-order valence-electron chi connectivity index (χ1n) is 9.03. The lowest BCUT2D eigenvalue weighted by molar-refractivity contribution is -0.137. The van der Waals surface area contributed by atoms with E-state index < -0.39 is 0 Å². The third-order valence-electron chi connectivity index (χ3n) is 4.14. The van der Waals surface area contributed by atoms with E-state index in [0.717, 1.165) is 34.1 Å². The molecule has 6 heteroatoms. The second-order valence-electron chi connectivity index (χ2n) is 6.20. The molecular weight excluding hydrogens is 374 g/mol. The van der Waals surface area contributed by atoms with E-state index >= 15 is 0 Å². The van der Waals surface area contributed by atoms with Crippen LogP contribution in [0.1, 0.15) is 17.0 Å². The van der Waals surface area contributed by atoms with Gasteiger partial charge < -0.3 is 13.9 Å². The summed E-state index contributed by atoms with van der Waals surface area (Å²) in [5, 5.41) is 0. The number of aromatic nitrogens is 1. The van der Waals surface area contributed by atoms with Crippen molar-refractivity contribution in [3.05, 3.63) is 71.6 Å². The number of benzene rings is 2. The van der Waals surface area contributed by atoms with E-state index in [9.17, 15) is 4.79 Å². The van der Waals surface area contributed by atoms with Crippen LogP contribution in [0.15, 0.2) is 59.0 Å². The first kappa shape index (κ1) is 20.0. The largest absolute Gasteiger partial charge is 0.493 e. The van der Waals surface area contributed by atoms with Gasteiger partial charge >= 0.3 is 5.97 Å². The van der Waals surface area contributed by atoms with Crippen LogP contribution in [0.4, 0.5) is 0 Å². The van der Waals surface area contributed by atoms with Crippen LogP contribution in [0.3, 0.4) is 0 Å². The number of nitrogens with zero attached hydrogens (tertiary/aromatic N) is 1. The number of carbonyl (C=O) groups excluding carboxylic acids is 1. The quantitative estimate of drug-likeness (QED) is 0.489. The fourth-order valence-electron chi connectivity index (χ4n) is 2.67. The topological polar surface area (TPSA) is 61.6 Å². The summed E-state index contributed by atoms with van der Waals surface area (Å²) in [7, 11) is 1.40. The average Bonchev–Trinajstić information content (AvgIpc) is 3.09. The summed E-state index contributed by atoms with van der Waals surface area (Å²) < 4.78 is 16.3. The molecule has 3 aromatic rings. The zero-order valence-corrected chi connectivity index (χ0v) is 16.8. The van der Waals surface area contributed by atoms with Crippen LogP contribution in [0, 0.1) is 6.92 Å². The molecular formula is C22H23NO4S. The van der Waals surface area contributed by atoms with Crippen molar-refractivity contribution in [2.75, 3.05) is 19.5 Å². The Morgan fingerprint density at radius 2 is 1.96 bits per heavy atom. The maximum atomic E-state index is 11.2. The number of hydrogen-bond acceptors (Lipinski definition) is 6. The summed E-state index contributed by atoms with van der Waals surface area (Å²) in [5.41, 5.74) is 2.98. The molecule has 0 atom stereocenters. The second kappa shape index (κ2) is 9.99. The lowest BCUT2D eigenvalue weighted by atomic mass is 10.2. The van der Waals surface area contributed by atoms with Crippen LogP contribution in [-0.2, 0) is 21.7 Å². The number of methoxy groups -OCH3 is 1. The SMILES string of the molecule is COC(=O)CSCc1cccc(OCCc2nc(-c3ccccc3)oc2C)c1. The third kappa shape index (κ3) is 5.63. The van der Waals surface area contributed by atoms with Crippen molar-refractivity contribution in [1.29, 1.82) is 0 Å². The van der Waals surface area contributed by atoms with Crippen molar-refractivity contribution in [3.8, 4) is 17.2 Å². The van der Waals surface area contributed by atoms with Crippen LogP contribution in [0.2, 0.25) is 0 Å². The normalized spacial score (nSPS) is 10.6. The van der Waals surface area contributed by atoms with Gasteiger partial charge in [-0.3, -0.25) is 4.79 Å². The Hall–Kier alpha value is -2.73. The van der Waals surface area contributed by atoms with Crippen molar-refractivity contribution in [2.24, 2.45) is 0 Å². The van der Waals surface area contributed by atoms with E-state index in [1.807, 2.05) is 61.5 Å². The number of hydrogen-bond donors (Lipinski definition) is 0. The predicted molar refractivity (Wildman–Crippen MR) is 110 cm³/mol. The van der Waals surface area contributed by atoms with Gasteiger partial charge in [-0.1, -0.05) is 30.3 Å². The van der Waals surface area contributed by atoms with Gasteiger partial charge in [0.15, 0.2) is 0 Å². The van der Waals surface area contributed by atoms with Gasteiger partial charge in [-0.25, -0.2) is 4.98 Å². The zero-order chi connectivity index (χ0) is 19.8. The molecule has 0 bridgehead atoms. The monoisotopic (exact) mass is 397 g/mol. The van der Waals surface area contributed by atoms with Gasteiger partial charge in [0.25, 0.3) is 0 Å². The lowest BCUT2D eigenvalue weighted by Gasteiger charge is -2.07. The van der Waals surface area contributed by atoms with E-state index in [4.69, 9.17) is 9.15 Å². The highest BCUT2D eigenvalue weighted by Gasteiger charge is 2.11. The van der Waals surface area contributed by atoms with E-state index in [0.29, 0.717) is 24.7 Å². The number of carbonyl (C=O) groups is 1. The molecule has 28 heavy (non-hydrogen) atoms.